The molecule has 0 aromatic heterocycles. The molecule has 2 atom stereocenters. The van der Waals surface area contributed by atoms with Crippen LogP contribution in [0.5, 0.6) is 0 Å². The first kappa shape index (κ1) is 29.0. The molecule has 0 N–H and O–H groups in total. The lowest BCUT2D eigenvalue weighted by Gasteiger charge is -2.34. The molecule has 0 amide bonds. The summed E-state index contributed by atoms with van der Waals surface area (Å²) in [6.45, 7) is 20.2. The van der Waals surface area contributed by atoms with Crippen molar-refractivity contribution < 1.29 is 9.53 Å². The van der Waals surface area contributed by atoms with Gasteiger partial charge in [-0.15, -0.1) is 0 Å². The second-order valence-corrected chi connectivity index (χ2v) is 12.0. The minimum atomic E-state index is -0.328. The standard InChI is InChI=1S/C17H26.C6H12O2.C4H10S/c1-4-6-12-17(11-5-2)13-15-9-7-8-10-16(15)14(17)3;1-5(7)8-6(2,3)4;1-4(2,3)5/h7-10,14H,4-6,11-13H2,1-3H3;1-4H3;5H,1-3H3. The molecule has 174 valence electrons. The Morgan fingerprint density at radius 1 is 1.07 bits per heavy atom. The monoisotopic (exact) mass is 436 g/mol. The molecule has 0 fully saturated rings. The van der Waals surface area contributed by atoms with Crippen molar-refractivity contribution in [2.75, 3.05) is 0 Å². The van der Waals surface area contributed by atoms with Crippen molar-refractivity contribution in [3.8, 4) is 0 Å². The minimum absolute atomic E-state index is 0.194. The van der Waals surface area contributed by atoms with Crippen LogP contribution in [-0.2, 0) is 16.0 Å². The van der Waals surface area contributed by atoms with Crippen LogP contribution in [0.3, 0.4) is 0 Å². The van der Waals surface area contributed by atoms with E-state index in [-0.39, 0.29) is 16.3 Å². The van der Waals surface area contributed by atoms with E-state index < -0.39 is 0 Å². The number of fused-ring (bicyclic) bond motifs is 1. The number of unbranched alkanes of at least 4 members (excludes halogenated alkanes) is 1. The summed E-state index contributed by atoms with van der Waals surface area (Å²) in [5.74, 6) is 0.530. The third-order valence-electron chi connectivity index (χ3n) is 5.21. The van der Waals surface area contributed by atoms with Gasteiger partial charge in [0.25, 0.3) is 0 Å². The number of esters is 1. The van der Waals surface area contributed by atoms with E-state index >= 15 is 0 Å². The Labute approximate surface area is 193 Å². The molecule has 0 bridgehead atoms. The maximum atomic E-state index is 10.2. The van der Waals surface area contributed by atoms with E-state index in [1.165, 1.54) is 45.4 Å². The highest BCUT2D eigenvalue weighted by atomic mass is 32.1. The maximum absolute atomic E-state index is 10.2. The predicted octanol–water partition coefficient (Wildman–Crippen LogP) is 8.39. The van der Waals surface area contributed by atoms with E-state index in [4.69, 9.17) is 4.74 Å². The molecule has 0 aliphatic heterocycles. The molecular weight excluding hydrogens is 388 g/mol. The molecule has 2 rings (SSSR count). The second kappa shape index (κ2) is 12.8. The van der Waals surface area contributed by atoms with E-state index in [9.17, 15) is 4.79 Å². The Bertz CT molecular complexity index is 618. The van der Waals surface area contributed by atoms with Crippen LogP contribution in [0.2, 0.25) is 0 Å². The van der Waals surface area contributed by atoms with Gasteiger partial charge in [-0.2, -0.15) is 12.6 Å². The topological polar surface area (TPSA) is 26.3 Å². The lowest BCUT2D eigenvalue weighted by Crippen LogP contribution is -2.24. The first-order valence-electron chi connectivity index (χ1n) is 11.6. The van der Waals surface area contributed by atoms with Crippen molar-refractivity contribution in [2.45, 2.75) is 124 Å². The summed E-state index contributed by atoms with van der Waals surface area (Å²) in [7, 11) is 0. The first-order chi connectivity index (χ1) is 13.6. The molecular formula is C27H48O2S. The third-order valence-corrected chi connectivity index (χ3v) is 5.21. The predicted molar refractivity (Wildman–Crippen MR) is 136 cm³/mol. The summed E-state index contributed by atoms with van der Waals surface area (Å²) in [6, 6.07) is 9.10. The van der Waals surface area contributed by atoms with Gasteiger partial charge in [0, 0.05) is 11.7 Å². The number of rotatable bonds is 5. The first-order valence-corrected chi connectivity index (χ1v) is 12.1. The number of thiol groups is 1. The zero-order valence-corrected chi connectivity index (χ0v) is 22.3. The molecule has 0 spiro atoms. The fraction of sp³-hybridized carbons (Fsp3) is 0.741. The van der Waals surface area contributed by atoms with E-state index in [0.717, 1.165) is 5.92 Å². The Balaban J connectivity index is 0.000000540. The van der Waals surface area contributed by atoms with Crippen LogP contribution in [0, 0.1) is 5.41 Å². The Kier molecular flexibility index (Phi) is 12.4. The van der Waals surface area contributed by atoms with Gasteiger partial charge in [-0.25, -0.2) is 0 Å². The van der Waals surface area contributed by atoms with Crippen LogP contribution in [-0.4, -0.2) is 16.3 Å². The van der Waals surface area contributed by atoms with Crippen LogP contribution in [0.1, 0.15) is 118 Å². The van der Waals surface area contributed by atoms with E-state index in [1.807, 2.05) is 20.8 Å². The number of benzene rings is 1. The average molecular weight is 437 g/mol. The van der Waals surface area contributed by atoms with Gasteiger partial charge >= 0.3 is 5.97 Å². The second-order valence-electron chi connectivity index (χ2n) is 10.7. The van der Waals surface area contributed by atoms with Gasteiger partial charge < -0.3 is 4.74 Å². The van der Waals surface area contributed by atoms with Crippen molar-refractivity contribution >= 4 is 18.6 Å². The highest BCUT2D eigenvalue weighted by Crippen LogP contribution is 2.52. The van der Waals surface area contributed by atoms with Crippen LogP contribution >= 0.6 is 12.6 Å². The van der Waals surface area contributed by atoms with Gasteiger partial charge in [0.1, 0.15) is 5.60 Å². The van der Waals surface area contributed by atoms with E-state index in [1.54, 1.807) is 11.1 Å². The summed E-state index contributed by atoms with van der Waals surface area (Å²) in [5.41, 5.74) is 3.47. The van der Waals surface area contributed by atoms with E-state index in [0.29, 0.717) is 5.41 Å². The number of ether oxygens (including phenoxy) is 1. The van der Waals surface area contributed by atoms with Gasteiger partial charge in [0.15, 0.2) is 0 Å². The molecule has 2 nitrogen and oxygen atoms in total. The van der Waals surface area contributed by atoms with Crippen LogP contribution in [0.4, 0.5) is 0 Å². The molecule has 0 heterocycles. The molecule has 2 unspecified atom stereocenters. The molecule has 1 aromatic rings. The fourth-order valence-electron chi connectivity index (χ4n) is 4.17. The summed E-state index contributed by atoms with van der Waals surface area (Å²) in [5, 5.41) is 0. The molecule has 0 saturated carbocycles. The third kappa shape index (κ3) is 12.0. The Hall–Kier alpha value is -0.960. The SMILES string of the molecule is CC(=O)OC(C)(C)C.CC(C)(C)S.CCCCC1(CCC)Cc2ccccc2C1C. The zero-order chi connectivity index (χ0) is 23.6. The molecule has 1 aliphatic rings. The van der Waals surface area contributed by atoms with Crippen LogP contribution in [0.25, 0.3) is 0 Å². The molecule has 1 aromatic carbocycles. The lowest BCUT2D eigenvalue weighted by molar-refractivity contribution is -0.151. The Morgan fingerprint density at radius 2 is 1.60 bits per heavy atom. The number of hydrogen-bond donors (Lipinski definition) is 1. The molecule has 3 heteroatoms. The molecule has 0 saturated heterocycles. The quantitative estimate of drug-likeness (QED) is 0.370. The van der Waals surface area contributed by atoms with Crippen molar-refractivity contribution in [1.29, 1.82) is 0 Å². The number of carbonyl (C=O) groups is 1. The number of carbonyl (C=O) groups excluding carboxylic acids is 1. The van der Waals surface area contributed by atoms with Gasteiger partial charge in [0.05, 0.1) is 0 Å². The van der Waals surface area contributed by atoms with Crippen LogP contribution in [0.15, 0.2) is 24.3 Å². The summed E-state index contributed by atoms with van der Waals surface area (Å²) in [4.78, 5) is 10.2. The lowest BCUT2D eigenvalue weighted by atomic mass is 9.70. The summed E-state index contributed by atoms with van der Waals surface area (Å²) >= 11 is 4.12. The van der Waals surface area contributed by atoms with Gasteiger partial charge in [-0.05, 0) is 62.5 Å². The van der Waals surface area contributed by atoms with Gasteiger partial charge in [0.2, 0.25) is 0 Å². The average Bonchev–Trinajstić information content (AvgIpc) is 2.83. The summed E-state index contributed by atoms with van der Waals surface area (Å²) < 4.78 is 4.99. The Morgan fingerprint density at radius 3 is 1.97 bits per heavy atom. The number of hydrogen-bond acceptors (Lipinski definition) is 3. The van der Waals surface area contributed by atoms with E-state index in [2.05, 4.69) is 78.4 Å². The zero-order valence-electron chi connectivity index (χ0n) is 21.4. The van der Waals surface area contributed by atoms with Gasteiger partial charge in [-0.1, -0.05) is 85.1 Å². The maximum Gasteiger partial charge on any atom is 0.303 e. The van der Waals surface area contributed by atoms with Gasteiger partial charge in [-0.3, -0.25) is 4.79 Å². The van der Waals surface area contributed by atoms with Crippen molar-refractivity contribution in [3.63, 3.8) is 0 Å². The van der Waals surface area contributed by atoms with Crippen molar-refractivity contribution in [2.24, 2.45) is 5.41 Å². The highest BCUT2D eigenvalue weighted by molar-refractivity contribution is 7.81. The molecule has 0 radical (unpaired) electrons. The molecule has 1 aliphatic carbocycles. The van der Waals surface area contributed by atoms with Crippen molar-refractivity contribution in [1.82, 2.24) is 0 Å². The molecule has 30 heavy (non-hydrogen) atoms. The fourth-order valence-corrected chi connectivity index (χ4v) is 4.17. The normalized spacial score (nSPS) is 20.3. The summed E-state index contributed by atoms with van der Waals surface area (Å²) in [6.07, 6.45) is 8.16. The van der Waals surface area contributed by atoms with Crippen LogP contribution < -0.4 is 0 Å². The smallest absolute Gasteiger partial charge is 0.303 e. The minimum Gasteiger partial charge on any atom is -0.460 e. The van der Waals surface area contributed by atoms with Crippen molar-refractivity contribution in [3.05, 3.63) is 35.4 Å². The highest BCUT2D eigenvalue weighted by Gasteiger charge is 2.41. The largest absolute Gasteiger partial charge is 0.460 e.